The maximum atomic E-state index is 12.9. The zero-order chi connectivity index (χ0) is 37.7. The minimum Gasteiger partial charge on any atom is -0.741 e. The number of fused-ring (bicyclic) bond motifs is 2. The topological polar surface area (TPSA) is 193 Å². The van der Waals surface area contributed by atoms with Crippen LogP contribution in [0.4, 0.5) is 37.7 Å². The van der Waals surface area contributed by atoms with E-state index in [-0.39, 0.29) is 23.2 Å². The maximum Gasteiger partial charge on any atom is 0.485 e. The zero-order valence-electron chi connectivity index (χ0n) is 25.4. The molecule has 5 rings (SSSR count). The average molecular weight is 748 g/mol. The second-order valence-corrected chi connectivity index (χ2v) is 12.7. The van der Waals surface area contributed by atoms with Crippen LogP contribution in [-0.4, -0.2) is 53.8 Å². The first kappa shape index (κ1) is 39.2. The number of anilines is 2. The zero-order valence-corrected chi connectivity index (χ0v) is 27.0. The number of amides is 2. The lowest BCUT2D eigenvalue weighted by Gasteiger charge is -2.08. The minimum absolute atomic E-state index is 0.160. The van der Waals surface area contributed by atoms with Crippen molar-refractivity contribution in [1.29, 1.82) is 0 Å². The summed E-state index contributed by atoms with van der Waals surface area (Å²) < 4.78 is 122. The molecule has 5 aromatic rings. The van der Waals surface area contributed by atoms with Gasteiger partial charge in [-0.1, -0.05) is 30.3 Å². The lowest BCUT2D eigenvalue weighted by molar-refractivity contribution is -0.644. The highest BCUT2D eigenvalue weighted by Crippen LogP contribution is 2.21. The van der Waals surface area contributed by atoms with Crippen LogP contribution in [0.3, 0.4) is 0 Å². The van der Waals surface area contributed by atoms with Crippen molar-refractivity contribution in [3.8, 4) is 0 Å². The fourth-order valence-electron chi connectivity index (χ4n) is 4.04. The summed E-state index contributed by atoms with van der Waals surface area (Å²) in [4.78, 5) is 30.0. The molecule has 0 saturated carbocycles. The quantitative estimate of drug-likeness (QED) is 0.120. The molecule has 0 aliphatic rings. The van der Waals surface area contributed by atoms with Crippen molar-refractivity contribution >= 4 is 65.2 Å². The number of nitrogens with one attached hydrogen (secondary N) is 2. The number of carbonyl (C=O) groups is 2. The van der Waals surface area contributed by atoms with Crippen molar-refractivity contribution in [2.24, 2.45) is 14.1 Å². The van der Waals surface area contributed by atoms with Gasteiger partial charge in [-0.15, -0.1) is 0 Å². The van der Waals surface area contributed by atoms with Gasteiger partial charge in [-0.2, -0.15) is 35.5 Å². The van der Waals surface area contributed by atoms with E-state index in [2.05, 4.69) is 15.6 Å². The molecule has 0 atom stereocenters. The van der Waals surface area contributed by atoms with Crippen LogP contribution in [0.5, 0.6) is 0 Å². The summed E-state index contributed by atoms with van der Waals surface area (Å²) in [6.07, 6.45) is 3.69. The number of benzene rings is 2. The second kappa shape index (κ2) is 15.1. The van der Waals surface area contributed by atoms with Gasteiger partial charge in [-0.3, -0.25) is 9.59 Å². The molecule has 0 saturated heterocycles. The van der Waals surface area contributed by atoms with Gasteiger partial charge in [0.25, 0.3) is 11.8 Å². The third-order valence-corrected chi connectivity index (χ3v) is 7.35. The fraction of sp³-hybridized carbons (Fsp3) is 0.138. The molecule has 13 nitrogen and oxygen atoms in total. The molecule has 0 bridgehead atoms. The van der Waals surface area contributed by atoms with Crippen molar-refractivity contribution in [2.45, 2.75) is 11.0 Å². The van der Waals surface area contributed by atoms with Crippen molar-refractivity contribution in [2.75, 3.05) is 10.6 Å². The Bertz CT molecular complexity index is 2130. The Morgan fingerprint density at radius 3 is 1.26 bits per heavy atom. The Kier molecular flexibility index (Phi) is 11.8. The lowest BCUT2D eigenvalue weighted by Crippen LogP contribution is -2.30. The molecule has 0 radical (unpaired) electrons. The fourth-order valence-corrected chi connectivity index (χ4v) is 4.04. The van der Waals surface area contributed by atoms with Crippen LogP contribution in [0.2, 0.25) is 0 Å². The number of alkyl halides is 6. The van der Waals surface area contributed by atoms with Crippen molar-refractivity contribution in [3.63, 3.8) is 0 Å². The molecule has 0 aliphatic heterocycles. The Hall–Kier alpha value is -5.25. The Balaban J connectivity index is 0.000000352. The van der Waals surface area contributed by atoms with Gasteiger partial charge in [-0.05, 0) is 36.4 Å². The summed E-state index contributed by atoms with van der Waals surface area (Å²) in [7, 11) is -8.33. The third-order valence-electron chi connectivity index (χ3n) is 6.22. The van der Waals surface area contributed by atoms with Gasteiger partial charge in [-0.25, -0.2) is 21.8 Å². The standard InChI is InChI=1S/C27H21N5O2.2CHF3O3S/c1-31-16-20(14-18-8-3-5-12-24(18)31)28-26(33)22-10-7-11-23(30-22)27(34)29-21-15-19-9-4-6-13-25(19)32(2)17-21;2*2-1(3,4)8(5,6)7/h3-17H,1-2H3;2*(H,5,6,7). The normalized spacial score (nSPS) is 11.9. The molecule has 2 N–H and O–H groups in total. The van der Waals surface area contributed by atoms with Crippen LogP contribution in [-0.2, 0) is 34.3 Å². The van der Waals surface area contributed by atoms with E-state index in [0.29, 0.717) is 11.4 Å². The Morgan fingerprint density at radius 2 is 0.940 bits per heavy atom. The number of para-hydroxylation sites is 2. The SMILES string of the molecule is C[n+]1cc(NC(=O)c2cccc(C(=O)Nc3cc4ccccc4[n+](C)c3)n2)cc2ccccc21.O=S(=O)([O-])C(F)(F)F.O=S(=O)([O-])C(F)(F)F. The molecule has 266 valence electrons. The highest BCUT2D eigenvalue weighted by Gasteiger charge is 2.37. The van der Waals surface area contributed by atoms with Crippen molar-refractivity contribution < 1.29 is 71.0 Å². The molecule has 3 aromatic heterocycles. The first-order valence-electron chi connectivity index (χ1n) is 13.4. The molecular weight excluding hydrogens is 724 g/mol. The first-order chi connectivity index (χ1) is 23.0. The number of nitrogens with zero attached hydrogens (tertiary/aromatic N) is 3. The molecule has 21 heteroatoms. The predicted molar refractivity (Wildman–Crippen MR) is 162 cm³/mol. The summed E-state index contributed by atoms with van der Waals surface area (Å²) in [5, 5.41) is 7.77. The molecule has 0 spiro atoms. The van der Waals surface area contributed by atoms with Crippen LogP contribution in [0.1, 0.15) is 21.0 Å². The molecule has 2 aromatic carbocycles. The number of aryl methyl sites for hydroxylation is 2. The van der Waals surface area contributed by atoms with Crippen molar-refractivity contribution in [1.82, 2.24) is 4.98 Å². The van der Waals surface area contributed by atoms with Gasteiger partial charge in [0.2, 0.25) is 11.0 Å². The smallest absolute Gasteiger partial charge is 0.485 e. The maximum absolute atomic E-state index is 12.9. The van der Waals surface area contributed by atoms with E-state index in [4.69, 9.17) is 25.9 Å². The minimum atomic E-state index is -6.09. The molecule has 0 unspecified atom stereocenters. The molecule has 2 amide bonds. The number of hydrogen-bond donors (Lipinski definition) is 2. The molecule has 0 fully saturated rings. The summed E-state index contributed by atoms with van der Waals surface area (Å²) in [5.74, 6) is -0.774. The second-order valence-electron chi connectivity index (χ2n) is 9.91. The van der Waals surface area contributed by atoms with Crippen molar-refractivity contribution in [3.05, 3.63) is 103 Å². The highest BCUT2D eigenvalue weighted by atomic mass is 32.2. The predicted octanol–water partition coefficient (Wildman–Crippen LogP) is 3.64. The van der Waals surface area contributed by atoms with E-state index < -0.39 is 31.3 Å². The van der Waals surface area contributed by atoms with Gasteiger partial charge < -0.3 is 19.7 Å². The average Bonchev–Trinajstić information content (AvgIpc) is 3.00. The Morgan fingerprint density at radius 1 is 0.620 bits per heavy atom. The van der Waals surface area contributed by atoms with Crippen LogP contribution in [0, 0.1) is 0 Å². The largest absolute Gasteiger partial charge is 0.741 e. The molecule has 0 aliphatic carbocycles. The number of halogens is 6. The van der Waals surface area contributed by atoms with E-state index in [1.165, 1.54) is 0 Å². The van der Waals surface area contributed by atoms with Crippen LogP contribution in [0.15, 0.2) is 91.3 Å². The summed E-state index contributed by atoms with van der Waals surface area (Å²) in [5.41, 5.74) is -7.57. The molecule has 50 heavy (non-hydrogen) atoms. The number of pyridine rings is 3. The van der Waals surface area contributed by atoms with Gasteiger partial charge >= 0.3 is 11.0 Å². The number of rotatable bonds is 4. The van der Waals surface area contributed by atoms with Crippen LogP contribution >= 0.6 is 0 Å². The molecular formula is C29H23F6N5O8S2. The van der Waals surface area contributed by atoms with Gasteiger partial charge in [0.1, 0.15) is 36.9 Å². The Labute approximate surface area is 279 Å². The first-order valence-corrected chi connectivity index (χ1v) is 16.2. The highest BCUT2D eigenvalue weighted by molar-refractivity contribution is 7.86. The summed E-state index contributed by atoms with van der Waals surface area (Å²) >= 11 is 0. The van der Waals surface area contributed by atoms with Gasteiger partial charge in [0.05, 0.1) is 0 Å². The molecule has 3 heterocycles. The third kappa shape index (κ3) is 10.4. The summed E-state index contributed by atoms with van der Waals surface area (Å²) in [6, 6.07) is 24.5. The van der Waals surface area contributed by atoms with E-state index in [1.807, 2.05) is 96.3 Å². The van der Waals surface area contributed by atoms with Crippen LogP contribution < -0.4 is 19.8 Å². The lowest BCUT2D eigenvalue weighted by atomic mass is 10.2. The van der Waals surface area contributed by atoms with E-state index in [0.717, 1.165) is 21.8 Å². The van der Waals surface area contributed by atoms with E-state index in [9.17, 15) is 35.9 Å². The van der Waals surface area contributed by atoms with E-state index >= 15 is 0 Å². The summed E-state index contributed by atoms with van der Waals surface area (Å²) in [6.45, 7) is 0. The number of hydrogen-bond acceptors (Lipinski definition) is 9. The number of carbonyl (C=O) groups excluding carboxylic acids is 2. The monoisotopic (exact) mass is 747 g/mol. The van der Waals surface area contributed by atoms with Crippen LogP contribution in [0.25, 0.3) is 21.8 Å². The van der Waals surface area contributed by atoms with Gasteiger partial charge in [0, 0.05) is 22.9 Å². The number of aromatic nitrogens is 3. The van der Waals surface area contributed by atoms with E-state index in [1.54, 1.807) is 18.2 Å². The van der Waals surface area contributed by atoms with Gasteiger partial charge in [0.15, 0.2) is 32.6 Å².